The van der Waals surface area contributed by atoms with Gasteiger partial charge in [0.15, 0.2) is 0 Å². The number of nitrogens with one attached hydrogen (secondary N) is 1. The van der Waals surface area contributed by atoms with Crippen molar-refractivity contribution in [3.05, 3.63) is 78.7 Å². The molecular weight excluding hydrogens is 544 g/mol. The maximum Gasteiger partial charge on any atom is 0.323 e. The van der Waals surface area contributed by atoms with Crippen molar-refractivity contribution >= 4 is 56.8 Å². The van der Waals surface area contributed by atoms with E-state index in [0.29, 0.717) is 27.8 Å². The highest BCUT2D eigenvalue weighted by atomic mass is 79.9. The first kappa shape index (κ1) is 22.9. The predicted octanol–water partition coefficient (Wildman–Crippen LogP) is 3.45. The number of carboxylic acids is 1. The summed E-state index contributed by atoms with van der Waals surface area (Å²) in [6, 6.07) is 15.0. The number of hydrogen-bond acceptors (Lipinski definition) is 7. The van der Waals surface area contributed by atoms with Crippen LogP contribution < -0.4 is 9.61 Å². The molecule has 0 radical (unpaired) electrons. The average molecular weight is 561 g/mol. The average Bonchev–Trinajstić information content (AvgIpc) is 3.29. The zero-order chi connectivity index (χ0) is 24.0. The number of benzene rings is 2. The van der Waals surface area contributed by atoms with Crippen molar-refractivity contribution in [1.29, 1.82) is 0 Å². The van der Waals surface area contributed by atoms with E-state index in [1.807, 2.05) is 42.5 Å². The van der Waals surface area contributed by atoms with Gasteiger partial charge in [-0.1, -0.05) is 69.4 Å². The summed E-state index contributed by atoms with van der Waals surface area (Å²) in [6.45, 7) is -0.406. The highest BCUT2D eigenvalue weighted by molar-refractivity contribution is 9.10. The standard InChI is InChI=1S/C23H17BrN2O6S2/c24-12-6-7-14(32-10-11-4-2-1-3-5-11)13(8-12)16-17-19(33-20-18(16)34-23(31)25-20)22(30)26(21(17)29)9-15(27)28/h1-8,16-17,19H,9-10H2,(H,25,31)(H,27,28)/t16-,17+,19-/m0/s1. The number of likely N-dealkylation sites (tertiary alicyclic amines) is 1. The molecule has 34 heavy (non-hydrogen) atoms. The van der Waals surface area contributed by atoms with Crippen molar-refractivity contribution in [1.82, 2.24) is 9.88 Å². The van der Waals surface area contributed by atoms with E-state index in [1.54, 1.807) is 6.07 Å². The molecule has 0 bridgehead atoms. The Bertz CT molecular complexity index is 1350. The van der Waals surface area contributed by atoms with E-state index in [4.69, 9.17) is 4.74 Å². The van der Waals surface area contributed by atoms with Gasteiger partial charge in [0.2, 0.25) is 11.8 Å². The molecule has 1 aromatic heterocycles. The number of imide groups is 1. The third kappa shape index (κ3) is 4.08. The van der Waals surface area contributed by atoms with Crippen molar-refractivity contribution < 1.29 is 24.2 Å². The van der Waals surface area contributed by atoms with Crippen molar-refractivity contribution in [3.8, 4) is 5.75 Å². The van der Waals surface area contributed by atoms with Gasteiger partial charge in [-0.05, 0) is 23.8 Å². The highest BCUT2D eigenvalue weighted by Gasteiger charge is 2.56. The third-order valence-corrected chi connectivity index (χ3v) is 8.65. The second-order valence-corrected chi connectivity index (χ2v) is 10.9. The van der Waals surface area contributed by atoms with Crippen LogP contribution in [0.1, 0.15) is 21.9 Å². The van der Waals surface area contributed by atoms with E-state index in [9.17, 15) is 24.3 Å². The summed E-state index contributed by atoms with van der Waals surface area (Å²) in [4.78, 5) is 53.9. The van der Waals surface area contributed by atoms with E-state index < -0.39 is 41.4 Å². The second kappa shape index (κ2) is 9.05. The Morgan fingerprint density at radius 3 is 2.62 bits per heavy atom. The highest BCUT2D eigenvalue weighted by Crippen LogP contribution is 2.54. The number of ether oxygens (including phenoxy) is 1. The molecular formula is C23H17BrN2O6S2. The van der Waals surface area contributed by atoms with Gasteiger partial charge in [-0.15, -0.1) is 0 Å². The van der Waals surface area contributed by atoms with Crippen LogP contribution in [0.25, 0.3) is 0 Å². The summed E-state index contributed by atoms with van der Waals surface area (Å²) < 4.78 is 6.88. The second-order valence-electron chi connectivity index (χ2n) is 7.86. The van der Waals surface area contributed by atoms with Gasteiger partial charge in [0.05, 0.1) is 10.9 Å². The fourth-order valence-electron chi connectivity index (χ4n) is 4.33. The molecule has 0 saturated carbocycles. The van der Waals surface area contributed by atoms with Gasteiger partial charge in [-0.3, -0.25) is 24.1 Å². The lowest BCUT2D eigenvalue weighted by Crippen LogP contribution is -2.36. The maximum absolute atomic E-state index is 13.4. The molecule has 2 aliphatic heterocycles. The molecule has 11 heteroatoms. The van der Waals surface area contributed by atoms with Crippen molar-refractivity contribution in [2.45, 2.75) is 22.8 Å². The molecule has 2 aromatic carbocycles. The molecule has 2 N–H and O–H groups in total. The monoisotopic (exact) mass is 560 g/mol. The number of thiazole rings is 1. The number of nitrogens with zero attached hydrogens (tertiary/aromatic N) is 1. The Kier molecular flexibility index (Phi) is 6.09. The number of fused-ring (bicyclic) bond motifs is 2. The van der Waals surface area contributed by atoms with Gasteiger partial charge in [0.25, 0.3) is 0 Å². The summed E-state index contributed by atoms with van der Waals surface area (Å²) in [7, 11) is 0. The molecule has 8 nitrogen and oxygen atoms in total. The molecule has 5 rings (SSSR count). The SMILES string of the molecule is O=C(O)CN1C(=O)[C@@H]2[C@H](c3cc(Br)ccc3OCc3ccccc3)c3sc(=O)[nH]c3S[C@@H]2C1=O. The predicted molar refractivity (Wildman–Crippen MR) is 129 cm³/mol. The fourth-order valence-corrected chi connectivity index (χ4v) is 7.24. The Labute approximate surface area is 210 Å². The number of hydrogen-bond donors (Lipinski definition) is 2. The van der Waals surface area contributed by atoms with Gasteiger partial charge in [0, 0.05) is 20.8 Å². The zero-order valence-corrected chi connectivity index (χ0v) is 20.6. The van der Waals surface area contributed by atoms with Gasteiger partial charge >= 0.3 is 10.8 Å². The number of H-pyrrole nitrogens is 1. The molecule has 0 aliphatic carbocycles. The summed E-state index contributed by atoms with van der Waals surface area (Å²) >= 11 is 5.58. The summed E-state index contributed by atoms with van der Waals surface area (Å²) in [5.41, 5.74) is 1.61. The molecule has 2 amide bonds. The van der Waals surface area contributed by atoms with Crippen molar-refractivity contribution in [2.24, 2.45) is 5.92 Å². The lowest BCUT2D eigenvalue weighted by molar-refractivity contribution is -0.149. The van der Waals surface area contributed by atoms with Crippen LogP contribution in [0.5, 0.6) is 5.75 Å². The van der Waals surface area contributed by atoms with Crippen LogP contribution >= 0.6 is 39.0 Å². The number of rotatable bonds is 6. The largest absolute Gasteiger partial charge is 0.489 e. The number of aromatic nitrogens is 1. The molecule has 0 spiro atoms. The van der Waals surface area contributed by atoms with E-state index in [-0.39, 0.29) is 4.87 Å². The third-order valence-electron chi connectivity index (χ3n) is 5.75. The molecule has 1 saturated heterocycles. The van der Waals surface area contributed by atoms with Gasteiger partial charge in [-0.25, -0.2) is 0 Å². The topological polar surface area (TPSA) is 117 Å². The number of halogens is 1. The maximum atomic E-state index is 13.4. The normalized spacial score (nSPS) is 21.3. The molecule has 0 unspecified atom stereocenters. The van der Waals surface area contributed by atoms with Crippen LogP contribution in [0.4, 0.5) is 0 Å². The number of carbonyl (C=O) groups excluding carboxylic acids is 2. The number of aromatic amines is 1. The lowest BCUT2D eigenvalue weighted by Gasteiger charge is -2.31. The first-order chi connectivity index (χ1) is 16.3. The van der Waals surface area contributed by atoms with Gasteiger partial charge in [-0.2, -0.15) is 0 Å². The minimum absolute atomic E-state index is 0.286. The molecule has 3 aromatic rings. The number of carbonyl (C=O) groups is 3. The molecule has 3 atom stereocenters. The molecule has 2 aliphatic rings. The van der Waals surface area contributed by atoms with Crippen molar-refractivity contribution in [2.75, 3.05) is 6.54 Å². The Morgan fingerprint density at radius 2 is 1.88 bits per heavy atom. The Morgan fingerprint density at radius 1 is 1.12 bits per heavy atom. The van der Waals surface area contributed by atoms with Gasteiger partial charge in [0.1, 0.15) is 24.2 Å². The van der Waals surface area contributed by atoms with Crippen LogP contribution in [0.2, 0.25) is 0 Å². The van der Waals surface area contributed by atoms with E-state index in [0.717, 1.165) is 38.0 Å². The minimum atomic E-state index is -1.26. The molecule has 1 fully saturated rings. The lowest BCUT2D eigenvalue weighted by atomic mass is 9.82. The van der Waals surface area contributed by atoms with Crippen molar-refractivity contribution in [3.63, 3.8) is 0 Å². The number of aliphatic carboxylic acids is 1. The fraction of sp³-hybridized carbons (Fsp3) is 0.217. The van der Waals surface area contributed by atoms with E-state index >= 15 is 0 Å². The Hall–Kier alpha value is -2.89. The summed E-state index contributed by atoms with van der Waals surface area (Å²) in [5.74, 6) is -3.37. The smallest absolute Gasteiger partial charge is 0.323 e. The molecule has 3 heterocycles. The Balaban J connectivity index is 1.60. The number of amides is 2. The van der Waals surface area contributed by atoms with E-state index in [1.165, 1.54) is 0 Å². The van der Waals surface area contributed by atoms with Crippen LogP contribution in [0.15, 0.2) is 62.8 Å². The van der Waals surface area contributed by atoms with Crippen LogP contribution in [0.3, 0.4) is 0 Å². The minimum Gasteiger partial charge on any atom is -0.489 e. The first-order valence-electron chi connectivity index (χ1n) is 10.3. The first-order valence-corrected chi connectivity index (χ1v) is 12.7. The van der Waals surface area contributed by atoms with Crippen LogP contribution in [0, 0.1) is 5.92 Å². The summed E-state index contributed by atoms with van der Waals surface area (Å²) in [6.07, 6.45) is 0. The van der Waals surface area contributed by atoms with Crippen LogP contribution in [-0.4, -0.2) is 44.6 Å². The quantitative estimate of drug-likeness (QED) is 0.443. The van der Waals surface area contributed by atoms with Crippen LogP contribution in [-0.2, 0) is 21.0 Å². The van der Waals surface area contributed by atoms with Gasteiger partial charge < -0.3 is 14.8 Å². The number of thioether (sulfide) groups is 1. The van der Waals surface area contributed by atoms with E-state index in [2.05, 4.69) is 20.9 Å². The zero-order valence-electron chi connectivity index (χ0n) is 17.4. The molecule has 174 valence electrons. The summed E-state index contributed by atoms with van der Waals surface area (Å²) in [5, 5.41) is 8.91. The number of carboxylic acid groups (broad SMARTS) is 1.